The van der Waals surface area contributed by atoms with Gasteiger partial charge in [-0.1, -0.05) is 0 Å². The first-order chi connectivity index (χ1) is 10.6. The minimum Gasteiger partial charge on any atom is -0.487 e. The van der Waals surface area contributed by atoms with Crippen LogP contribution in [0.5, 0.6) is 5.75 Å². The summed E-state index contributed by atoms with van der Waals surface area (Å²) >= 11 is 0. The summed E-state index contributed by atoms with van der Waals surface area (Å²) in [5, 5.41) is 0. The molecular weight excluding hydrogens is 318 g/mol. The standard InChI is InChI=1S/C16H23NO5S/c1-6-23(19,20)17(4)13-10-16(2,3)22-14-8-7-11(9-12(13)14)15(18)21-5/h7-9,13H,6,10H2,1-5H3. The van der Waals surface area contributed by atoms with E-state index in [9.17, 15) is 13.2 Å². The lowest BCUT2D eigenvalue weighted by molar-refractivity contribution is 0.0536. The zero-order valence-electron chi connectivity index (χ0n) is 14.1. The molecule has 0 amide bonds. The second kappa shape index (κ2) is 6.13. The molecule has 128 valence electrons. The van der Waals surface area contributed by atoms with Crippen molar-refractivity contribution >= 4 is 16.0 Å². The van der Waals surface area contributed by atoms with Gasteiger partial charge >= 0.3 is 5.97 Å². The van der Waals surface area contributed by atoms with Crippen molar-refractivity contribution in [3.63, 3.8) is 0 Å². The number of sulfonamides is 1. The predicted octanol–water partition coefficient (Wildman–Crippen LogP) is 2.36. The Morgan fingerprint density at radius 1 is 1.43 bits per heavy atom. The van der Waals surface area contributed by atoms with E-state index in [0.29, 0.717) is 23.3 Å². The summed E-state index contributed by atoms with van der Waals surface area (Å²) in [5.74, 6) is 0.155. The summed E-state index contributed by atoms with van der Waals surface area (Å²) in [6, 6.07) is 4.59. The minimum absolute atomic E-state index is 0.0211. The fourth-order valence-electron chi connectivity index (χ4n) is 2.78. The first-order valence-corrected chi connectivity index (χ1v) is 9.09. The number of esters is 1. The average Bonchev–Trinajstić information content (AvgIpc) is 2.51. The molecule has 1 aromatic rings. The van der Waals surface area contributed by atoms with Gasteiger partial charge in [-0.15, -0.1) is 0 Å². The molecule has 1 aromatic carbocycles. The lowest BCUT2D eigenvalue weighted by Crippen LogP contribution is -2.42. The number of fused-ring (bicyclic) bond motifs is 1. The number of benzene rings is 1. The van der Waals surface area contributed by atoms with E-state index in [1.807, 2.05) is 13.8 Å². The van der Waals surface area contributed by atoms with Gasteiger partial charge < -0.3 is 9.47 Å². The molecular formula is C16H23NO5S. The molecule has 0 bridgehead atoms. The van der Waals surface area contributed by atoms with Crippen LogP contribution in [0.3, 0.4) is 0 Å². The molecule has 0 aromatic heterocycles. The number of rotatable bonds is 4. The van der Waals surface area contributed by atoms with Crippen LogP contribution in [0.2, 0.25) is 0 Å². The molecule has 23 heavy (non-hydrogen) atoms. The third kappa shape index (κ3) is 3.50. The van der Waals surface area contributed by atoms with Crippen molar-refractivity contribution in [2.75, 3.05) is 19.9 Å². The molecule has 0 N–H and O–H groups in total. The number of carbonyl (C=O) groups excluding carboxylic acids is 1. The number of hydrogen-bond donors (Lipinski definition) is 0. The predicted molar refractivity (Wildman–Crippen MR) is 87.1 cm³/mol. The Balaban J connectivity index is 2.54. The van der Waals surface area contributed by atoms with Crippen LogP contribution < -0.4 is 4.74 Å². The number of hydrogen-bond acceptors (Lipinski definition) is 5. The Morgan fingerprint density at radius 2 is 2.09 bits per heavy atom. The van der Waals surface area contributed by atoms with Crippen molar-refractivity contribution in [2.45, 2.75) is 38.8 Å². The highest BCUT2D eigenvalue weighted by molar-refractivity contribution is 7.89. The van der Waals surface area contributed by atoms with Crippen molar-refractivity contribution in [3.8, 4) is 5.75 Å². The quantitative estimate of drug-likeness (QED) is 0.786. The maximum atomic E-state index is 12.3. The van der Waals surface area contributed by atoms with E-state index in [2.05, 4.69) is 0 Å². The Hall–Kier alpha value is -1.60. The molecule has 1 aliphatic heterocycles. The molecule has 1 aliphatic rings. The molecule has 0 fully saturated rings. The molecule has 1 unspecified atom stereocenters. The highest BCUT2D eigenvalue weighted by Gasteiger charge is 2.39. The van der Waals surface area contributed by atoms with Crippen molar-refractivity contribution in [3.05, 3.63) is 29.3 Å². The molecule has 1 heterocycles. The fraction of sp³-hybridized carbons (Fsp3) is 0.562. The monoisotopic (exact) mass is 341 g/mol. The summed E-state index contributed by atoms with van der Waals surface area (Å²) in [6.07, 6.45) is 0.500. The highest BCUT2D eigenvalue weighted by Crippen LogP contribution is 2.43. The first kappa shape index (κ1) is 17.7. The van der Waals surface area contributed by atoms with Gasteiger partial charge in [0.2, 0.25) is 10.0 Å². The van der Waals surface area contributed by atoms with E-state index >= 15 is 0 Å². The van der Waals surface area contributed by atoms with Gasteiger partial charge in [0, 0.05) is 19.0 Å². The molecule has 7 heteroatoms. The Bertz CT molecular complexity index is 711. The molecule has 6 nitrogen and oxygen atoms in total. The van der Waals surface area contributed by atoms with Gasteiger partial charge in [-0.2, -0.15) is 4.31 Å². The van der Waals surface area contributed by atoms with Crippen LogP contribution in [-0.2, 0) is 14.8 Å². The second-order valence-electron chi connectivity index (χ2n) is 6.24. The zero-order valence-corrected chi connectivity index (χ0v) is 14.9. The van der Waals surface area contributed by atoms with E-state index < -0.39 is 21.6 Å². The van der Waals surface area contributed by atoms with Crippen LogP contribution in [0.1, 0.15) is 49.2 Å². The van der Waals surface area contributed by atoms with Gasteiger partial charge in [-0.25, -0.2) is 13.2 Å². The van der Waals surface area contributed by atoms with Crippen LogP contribution in [0, 0.1) is 0 Å². The maximum Gasteiger partial charge on any atom is 0.337 e. The Labute approximate surface area is 137 Å². The molecule has 2 rings (SSSR count). The summed E-state index contributed by atoms with van der Waals surface area (Å²) in [7, 11) is -0.487. The largest absolute Gasteiger partial charge is 0.487 e. The number of nitrogens with zero attached hydrogens (tertiary/aromatic N) is 1. The number of carbonyl (C=O) groups is 1. The highest BCUT2D eigenvalue weighted by atomic mass is 32.2. The lowest BCUT2D eigenvalue weighted by atomic mass is 9.89. The van der Waals surface area contributed by atoms with Crippen LogP contribution in [-0.4, -0.2) is 44.2 Å². The topological polar surface area (TPSA) is 72.9 Å². The van der Waals surface area contributed by atoms with E-state index in [1.165, 1.54) is 11.4 Å². The van der Waals surface area contributed by atoms with E-state index in [4.69, 9.17) is 9.47 Å². The van der Waals surface area contributed by atoms with E-state index in [1.54, 1.807) is 32.2 Å². The van der Waals surface area contributed by atoms with Crippen LogP contribution in [0.25, 0.3) is 0 Å². The van der Waals surface area contributed by atoms with Crippen LogP contribution >= 0.6 is 0 Å². The molecule has 0 spiro atoms. The normalized spacial score (nSPS) is 19.8. The summed E-state index contributed by atoms with van der Waals surface area (Å²) < 4.78 is 36.6. The lowest BCUT2D eigenvalue weighted by Gasteiger charge is -2.40. The number of methoxy groups -OCH3 is 1. The van der Waals surface area contributed by atoms with Gasteiger partial charge in [-0.05, 0) is 39.0 Å². The average molecular weight is 341 g/mol. The molecule has 0 aliphatic carbocycles. The minimum atomic E-state index is -3.37. The summed E-state index contributed by atoms with van der Waals surface area (Å²) in [5.41, 5.74) is 0.565. The van der Waals surface area contributed by atoms with Crippen molar-refractivity contribution in [2.24, 2.45) is 0 Å². The molecule has 0 saturated carbocycles. The third-order valence-electron chi connectivity index (χ3n) is 4.10. The number of ether oxygens (including phenoxy) is 2. The van der Waals surface area contributed by atoms with Gasteiger partial charge in [0.15, 0.2) is 0 Å². The third-order valence-corrected chi connectivity index (χ3v) is 5.97. The summed E-state index contributed by atoms with van der Waals surface area (Å²) in [4.78, 5) is 11.8. The fourth-order valence-corrected chi connectivity index (χ4v) is 3.77. The first-order valence-electron chi connectivity index (χ1n) is 7.48. The Morgan fingerprint density at radius 3 is 2.65 bits per heavy atom. The van der Waals surface area contributed by atoms with Crippen molar-refractivity contribution < 1.29 is 22.7 Å². The zero-order chi connectivity index (χ0) is 17.4. The van der Waals surface area contributed by atoms with Crippen LogP contribution in [0.4, 0.5) is 0 Å². The smallest absolute Gasteiger partial charge is 0.337 e. The molecule has 1 atom stereocenters. The second-order valence-corrected chi connectivity index (χ2v) is 8.56. The van der Waals surface area contributed by atoms with Crippen LogP contribution in [0.15, 0.2) is 18.2 Å². The van der Waals surface area contributed by atoms with Crippen molar-refractivity contribution in [1.82, 2.24) is 4.31 Å². The van der Waals surface area contributed by atoms with Gasteiger partial charge in [0.05, 0.1) is 24.5 Å². The van der Waals surface area contributed by atoms with Gasteiger partial charge in [0.1, 0.15) is 11.4 Å². The maximum absolute atomic E-state index is 12.3. The summed E-state index contributed by atoms with van der Waals surface area (Å²) in [6.45, 7) is 5.45. The van der Waals surface area contributed by atoms with Gasteiger partial charge in [-0.3, -0.25) is 0 Å². The van der Waals surface area contributed by atoms with E-state index in [0.717, 1.165) is 0 Å². The SMILES string of the molecule is CCS(=O)(=O)N(C)C1CC(C)(C)Oc2ccc(C(=O)OC)cc21. The molecule has 0 saturated heterocycles. The van der Waals surface area contributed by atoms with Crippen molar-refractivity contribution in [1.29, 1.82) is 0 Å². The Kier molecular flexibility index (Phi) is 4.73. The van der Waals surface area contributed by atoms with E-state index in [-0.39, 0.29) is 11.8 Å². The van der Waals surface area contributed by atoms with Gasteiger partial charge in [0.25, 0.3) is 0 Å². The molecule has 0 radical (unpaired) electrons.